The molecule has 0 aliphatic rings. The van der Waals surface area contributed by atoms with E-state index < -0.39 is 0 Å². The van der Waals surface area contributed by atoms with Gasteiger partial charge in [0.2, 0.25) is 0 Å². The van der Waals surface area contributed by atoms with Crippen LogP contribution in [0.1, 0.15) is 11.8 Å². The third-order valence-corrected chi connectivity index (χ3v) is 3.25. The van der Waals surface area contributed by atoms with Gasteiger partial charge in [0.15, 0.2) is 5.82 Å². The van der Waals surface area contributed by atoms with Crippen molar-refractivity contribution in [3.8, 4) is 5.82 Å². The average Bonchev–Trinajstić information content (AvgIpc) is 3.27. The Balaban J connectivity index is 1.63. The van der Waals surface area contributed by atoms with Crippen LogP contribution >= 0.6 is 0 Å². The molecular formula is C16H17N5O3. The Hall–Kier alpha value is -3.13. The first-order valence-corrected chi connectivity index (χ1v) is 7.32. The molecule has 0 fully saturated rings. The number of pyridine rings is 1. The summed E-state index contributed by atoms with van der Waals surface area (Å²) in [7, 11) is 1.56. The van der Waals surface area contributed by atoms with Gasteiger partial charge in [-0.3, -0.25) is 0 Å². The minimum atomic E-state index is -0.381. The zero-order chi connectivity index (χ0) is 16.8. The van der Waals surface area contributed by atoms with Crippen LogP contribution in [0.5, 0.6) is 0 Å². The van der Waals surface area contributed by atoms with Crippen molar-refractivity contribution < 1.29 is 13.9 Å². The van der Waals surface area contributed by atoms with Gasteiger partial charge in [-0.05, 0) is 24.3 Å². The summed E-state index contributed by atoms with van der Waals surface area (Å²) in [4.78, 5) is 16.4. The van der Waals surface area contributed by atoms with E-state index in [4.69, 9.17) is 9.15 Å². The van der Waals surface area contributed by atoms with Crippen molar-refractivity contribution in [2.75, 3.05) is 19.0 Å². The van der Waals surface area contributed by atoms with Crippen LogP contribution in [0.25, 0.3) is 5.82 Å². The molecule has 8 heteroatoms. The molecule has 0 saturated heterocycles. The van der Waals surface area contributed by atoms with E-state index in [-0.39, 0.29) is 12.1 Å². The van der Waals surface area contributed by atoms with Crippen molar-refractivity contribution in [2.45, 2.75) is 6.04 Å². The molecule has 0 radical (unpaired) electrons. The molecule has 2 N–H and O–H groups in total. The fourth-order valence-electron chi connectivity index (χ4n) is 2.18. The summed E-state index contributed by atoms with van der Waals surface area (Å²) in [5.74, 6) is 1.29. The van der Waals surface area contributed by atoms with Gasteiger partial charge in [0, 0.05) is 13.3 Å². The molecule has 3 rings (SSSR count). The predicted molar refractivity (Wildman–Crippen MR) is 86.8 cm³/mol. The van der Waals surface area contributed by atoms with E-state index in [0.29, 0.717) is 23.9 Å². The topological polar surface area (TPSA) is 94.2 Å². The molecule has 2 amide bonds. The first-order chi connectivity index (χ1) is 11.8. The summed E-state index contributed by atoms with van der Waals surface area (Å²) >= 11 is 0. The molecule has 3 aromatic heterocycles. The van der Waals surface area contributed by atoms with Crippen molar-refractivity contribution in [1.82, 2.24) is 20.1 Å². The maximum absolute atomic E-state index is 12.2. The van der Waals surface area contributed by atoms with Crippen LogP contribution < -0.4 is 10.6 Å². The minimum absolute atomic E-state index is 0.300. The minimum Gasteiger partial charge on any atom is -0.467 e. The maximum Gasteiger partial charge on any atom is 0.320 e. The maximum atomic E-state index is 12.2. The molecule has 24 heavy (non-hydrogen) atoms. The second kappa shape index (κ2) is 7.42. The Morgan fingerprint density at radius 3 is 3.00 bits per heavy atom. The molecule has 124 valence electrons. The number of hydrogen-bond donors (Lipinski definition) is 2. The molecule has 0 aromatic carbocycles. The summed E-state index contributed by atoms with van der Waals surface area (Å²) in [6.07, 6.45) is 6.45. The number of furan rings is 1. The normalized spacial score (nSPS) is 11.9. The summed E-state index contributed by atoms with van der Waals surface area (Å²) in [5.41, 5.74) is 0.550. The van der Waals surface area contributed by atoms with E-state index in [1.807, 2.05) is 18.2 Å². The highest BCUT2D eigenvalue weighted by atomic mass is 16.5. The molecule has 0 spiro atoms. The molecule has 8 nitrogen and oxygen atoms in total. The second-order valence-corrected chi connectivity index (χ2v) is 4.98. The summed E-state index contributed by atoms with van der Waals surface area (Å²) < 4.78 is 12.0. The van der Waals surface area contributed by atoms with Gasteiger partial charge in [0.05, 0.1) is 31.0 Å². The van der Waals surface area contributed by atoms with Gasteiger partial charge in [-0.15, -0.1) is 0 Å². The number of carbonyl (C=O) groups is 1. The van der Waals surface area contributed by atoms with Crippen LogP contribution in [0, 0.1) is 0 Å². The van der Waals surface area contributed by atoms with Gasteiger partial charge in [-0.2, -0.15) is 5.10 Å². The third kappa shape index (κ3) is 3.79. The van der Waals surface area contributed by atoms with Gasteiger partial charge in [0.25, 0.3) is 0 Å². The lowest BCUT2D eigenvalue weighted by Crippen LogP contribution is -2.34. The van der Waals surface area contributed by atoms with E-state index in [0.717, 1.165) is 0 Å². The Kier molecular flexibility index (Phi) is 4.87. The number of carbonyl (C=O) groups excluding carboxylic acids is 1. The molecule has 1 unspecified atom stereocenters. The number of rotatable bonds is 6. The van der Waals surface area contributed by atoms with E-state index in [9.17, 15) is 4.79 Å². The Labute approximate surface area is 138 Å². The largest absolute Gasteiger partial charge is 0.467 e. The zero-order valence-electron chi connectivity index (χ0n) is 13.0. The molecule has 3 heterocycles. The summed E-state index contributed by atoms with van der Waals surface area (Å²) in [5, 5.41) is 9.69. The van der Waals surface area contributed by atoms with Gasteiger partial charge in [-0.1, -0.05) is 6.07 Å². The van der Waals surface area contributed by atoms with Crippen molar-refractivity contribution in [3.05, 3.63) is 60.9 Å². The molecule has 0 aliphatic carbocycles. The first kappa shape index (κ1) is 15.8. The SMILES string of the molecule is COCC(NC(=O)Nc1cnn(-c2ccccn2)c1)c1ccco1. The molecular weight excluding hydrogens is 310 g/mol. The number of aromatic nitrogens is 3. The quantitative estimate of drug-likeness (QED) is 0.725. The molecule has 1 atom stereocenters. The van der Waals surface area contributed by atoms with Crippen LogP contribution in [0.15, 0.2) is 59.6 Å². The molecule has 0 aliphatic heterocycles. The lowest BCUT2D eigenvalue weighted by molar-refractivity contribution is 0.159. The van der Waals surface area contributed by atoms with E-state index >= 15 is 0 Å². The lowest BCUT2D eigenvalue weighted by Gasteiger charge is -2.15. The highest BCUT2D eigenvalue weighted by Gasteiger charge is 2.17. The number of amides is 2. The Bertz CT molecular complexity index is 770. The van der Waals surface area contributed by atoms with Gasteiger partial charge in [-0.25, -0.2) is 14.5 Å². The van der Waals surface area contributed by atoms with Crippen molar-refractivity contribution >= 4 is 11.7 Å². The van der Waals surface area contributed by atoms with Gasteiger partial charge in [0.1, 0.15) is 11.8 Å². The average molecular weight is 327 g/mol. The fraction of sp³-hybridized carbons (Fsp3) is 0.188. The third-order valence-electron chi connectivity index (χ3n) is 3.25. The number of anilines is 1. The van der Waals surface area contributed by atoms with E-state index in [2.05, 4.69) is 20.7 Å². The highest BCUT2D eigenvalue weighted by Crippen LogP contribution is 2.14. The molecule has 3 aromatic rings. The standard InChI is InChI=1S/C16H17N5O3/c1-23-11-13(14-5-4-8-24-14)20-16(22)19-12-9-18-21(10-12)15-6-2-3-7-17-15/h2-10,13H,11H2,1H3,(H2,19,20,22). The predicted octanol–water partition coefficient (Wildman–Crippen LogP) is 2.37. The van der Waals surface area contributed by atoms with Gasteiger partial charge >= 0.3 is 6.03 Å². The number of ether oxygens (including phenoxy) is 1. The Morgan fingerprint density at radius 2 is 2.29 bits per heavy atom. The van der Waals surface area contributed by atoms with Crippen molar-refractivity contribution in [2.24, 2.45) is 0 Å². The van der Waals surface area contributed by atoms with Crippen molar-refractivity contribution in [3.63, 3.8) is 0 Å². The van der Waals surface area contributed by atoms with Crippen LogP contribution in [0.3, 0.4) is 0 Å². The zero-order valence-corrected chi connectivity index (χ0v) is 13.0. The smallest absolute Gasteiger partial charge is 0.320 e. The van der Waals surface area contributed by atoms with Crippen molar-refractivity contribution in [1.29, 1.82) is 0 Å². The number of urea groups is 1. The number of nitrogens with one attached hydrogen (secondary N) is 2. The molecule has 0 bridgehead atoms. The summed E-state index contributed by atoms with van der Waals surface area (Å²) in [6.45, 7) is 0.300. The molecule has 0 saturated carbocycles. The number of nitrogens with zero attached hydrogens (tertiary/aromatic N) is 3. The van der Waals surface area contributed by atoms with Gasteiger partial charge < -0.3 is 19.8 Å². The second-order valence-electron chi connectivity index (χ2n) is 4.98. The van der Waals surface area contributed by atoms with E-state index in [1.165, 1.54) is 0 Å². The highest BCUT2D eigenvalue weighted by molar-refractivity contribution is 5.89. The van der Waals surface area contributed by atoms with E-state index in [1.54, 1.807) is 48.8 Å². The first-order valence-electron chi connectivity index (χ1n) is 7.32. The van der Waals surface area contributed by atoms with Crippen LogP contribution in [-0.4, -0.2) is 34.5 Å². The van der Waals surface area contributed by atoms with Crippen LogP contribution in [0.4, 0.5) is 10.5 Å². The summed E-state index contributed by atoms with van der Waals surface area (Å²) in [6, 6.07) is 8.29. The Morgan fingerprint density at radius 1 is 1.38 bits per heavy atom. The van der Waals surface area contributed by atoms with Crippen LogP contribution in [0.2, 0.25) is 0 Å². The number of hydrogen-bond acceptors (Lipinski definition) is 5. The monoisotopic (exact) mass is 327 g/mol. The van der Waals surface area contributed by atoms with Crippen LogP contribution in [-0.2, 0) is 4.74 Å². The number of methoxy groups -OCH3 is 1. The lowest BCUT2D eigenvalue weighted by atomic mass is 10.2. The fourth-order valence-corrected chi connectivity index (χ4v) is 2.18.